The lowest BCUT2D eigenvalue weighted by atomic mass is 9.79. The molecule has 0 bridgehead atoms. The van der Waals surface area contributed by atoms with Crippen molar-refractivity contribution in [3.05, 3.63) is 29.1 Å². The zero-order valence-corrected chi connectivity index (χ0v) is 8.59. The Kier molecular flexibility index (Phi) is 2.88. The molecule has 1 aliphatic rings. The Morgan fingerprint density at radius 3 is 2.44 bits per heavy atom. The highest BCUT2D eigenvalue weighted by molar-refractivity contribution is 5.30. The van der Waals surface area contributed by atoms with E-state index in [1.807, 2.05) is 0 Å². The van der Waals surface area contributed by atoms with Crippen LogP contribution in [0.3, 0.4) is 0 Å². The molecule has 0 saturated heterocycles. The molecule has 1 heterocycles. The summed E-state index contributed by atoms with van der Waals surface area (Å²) in [4.78, 5) is 3.49. The topological polar surface area (TPSA) is 33.1 Å². The van der Waals surface area contributed by atoms with Gasteiger partial charge in [0.05, 0.1) is 12.3 Å². The number of aromatic nitrogens is 1. The monoisotopic (exact) mass is 231 g/mol. The number of hydrogen-bond donors (Lipinski definition) is 1. The number of pyridine rings is 1. The lowest BCUT2D eigenvalue weighted by Gasteiger charge is -2.28. The normalized spacial score (nSPS) is 17.2. The number of hydrogen-bond acceptors (Lipinski definition) is 2. The van der Waals surface area contributed by atoms with Gasteiger partial charge < -0.3 is 5.11 Å². The average Bonchev–Trinajstić information content (AvgIpc) is 2.14. The van der Waals surface area contributed by atoms with E-state index in [1.54, 1.807) is 0 Å². The molecule has 88 valence electrons. The SMILES string of the molecule is OCc1ccc(C2CCC2)c(C(F)(F)F)n1. The van der Waals surface area contributed by atoms with Crippen LogP contribution in [-0.4, -0.2) is 10.1 Å². The van der Waals surface area contributed by atoms with Crippen LogP contribution < -0.4 is 0 Å². The second-order valence-corrected chi connectivity index (χ2v) is 4.02. The van der Waals surface area contributed by atoms with E-state index in [9.17, 15) is 13.2 Å². The van der Waals surface area contributed by atoms with Crippen molar-refractivity contribution in [3.63, 3.8) is 0 Å². The molecule has 0 aromatic carbocycles. The number of halogens is 3. The van der Waals surface area contributed by atoms with Crippen molar-refractivity contribution in [1.82, 2.24) is 4.98 Å². The van der Waals surface area contributed by atoms with E-state index >= 15 is 0 Å². The predicted octanol–water partition coefficient (Wildman–Crippen LogP) is 2.86. The Balaban J connectivity index is 2.42. The largest absolute Gasteiger partial charge is 0.433 e. The Bertz CT molecular complexity index is 385. The van der Waals surface area contributed by atoms with Gasteiger partial charge in [0.25, 0.3) is 0 Å². The molecular formula is C11H12F3NO. The Hall–Kier alpha value is -1.10. The van der Waals surface area contributed by atoms with E-state index in [4.69, 9.17) is 5.11 Å². The van der Waals surface area contributed by atoms with E-state index < -0.39 is 18.5 Å². The molecule has 1 saturated carbocycles. The van der Waals surface area contributed by atoms with Crippen molar-refractivity contribution in [2.75, 3.05) is 0 Å². The number of rotatable bonds is 2. The molecular weight excluding hydrogens is 219 g/mol. The third-order valence-corrected chi connectivity index (χ3v) is 2.96. The molecule has 0 radical (unpaired) electrons. The van der Waals surface area contributed by atoms with Crippen LogP contribution in [-0.2, 0) is 12.8 Å². The van der Waals surface area contributed by atoms with Crippen LogP contribution in [0.2, 0.25) is 0 Å². The summed E-state index contributed by atoms with van der Waals surface area (Å²) >= 11 is 0. The summed E-state index contributed by atoms with van der Waals surface area (Å²) in [6.45, 7) is -0.464. The lowest BCUT2D eigenvalue weighted by Crippen LogP contribution is -2.19. The summed E-state index contributed by atoms with van der Waals surface area (Å²) in [7, 11) is 0. The first kappa shape index (κ1) is 11.4. The summed E-state index contributed by atoms with van der Waals surface area (Å²) in [6, 6.07) is 2.91. The predicted molar refractivity (Wildman–Crippen MR) is 51.8 cm³/mol. The molecule has 2 nitrogen and oxygen atoms in total. The van der Waals surface area contributed by atoms with Gasteiger partial charge in [-0.2, -0.15) is 13.2 Å². The van der Waals surface area contributed by atoms with Crippen LogP contribution >= 0.6 is 0 Å². The first-order valence-corrected chi connectivity index (χ1v) is 5.20. The molecule has 1 aliphatic carbocycles. The Labute approximate surface area is 91.1 Å². The maximum absolute atomic E-state index is 12.7. The van der Waals surface area contributed by atoms with Gasteiger partial charge in [0.1, 0.15) is 5.69 Å². The minimum absolute atomic E-state index is 0.0168. The van der Waals surface area contributed by atoms with Crippen LogP contribution in [0.25, 0.3) is 0 Å². The van der Waals surface area contributed by atoms with Crippen molar-refractivity contribution in [2.45, 2.75) is 38.0 Å². The standard InChI is InChI=1S/C11H12F3NO/c12-11(13,14)10-9(7-2-1-3-7)5-4-8(6-16)15-10/h4-5,7,16H,1-3,6H2. The number of aliphatic hydroxyl groups excluding tert-OH is 1. The van der Waals surface area contributed by atoms with Gasteiger partial charge in [0.2, 0.25) is 0 Å². The third-order valence-electron chi connectivity index (χ3n) is 2.96. The maximum atomic E-state index is 12.7. The molecule has 0 spiro atoms. The van der Waals surface area contributed by atoms with Crippen molar-refractivity contribution >= 4 is 0 Å². The van der Waals surface area contributed by atoms with Crippen molar-refractivity contribution in [3.8, 4) is 0 Å². The molecule has 16 heavy (non-hydrogen) atoms. The first-order valence-electron chi connectivity index (χ1n) is 5.20. The van der Waals surface area contributed by atoms with Crippen LogP contribution in [0, 0.1) is 0 Å². The fourth-order valence-corrected chi connectivity index (χ4v) is 1.87. The average molecular weight is 231 g/mol. The Morgan fingerprint density at radius 1 is 1.31 bits per heavy atom. The summed E-state index contributed by atoms with van der Waals surface area (Å²) in [5.74, 6) is -0.0168. The zero-order valence-electron chi connectivity index (χ0n) is 8.59. The van der Waals surface area contributed by atoms with E-state index in [2.05, 4.69) is 4.98 Å². The summed E-state index contributed by atoms with van der Waals surface area (Å²) in [5.41, 5.74) is -0.491. The van der Waals surface area contributed by atoms with E-state index in [0.717, 1.165) is 19.3 Å². The number of alkyl halides is 3. The molecule has 2 rings (SSSR count). The summed E-state index contributed by atoms with van der Waals surface area (Å²) in [6.07, 6.45) is -1.87. The molecule has 0 atom stereocenters. The molecule has 1 aromatic heterocycles. The van der Waals surface area contributed by atoms with Gasteiger partial charge in [-0.05, 0) is 30.4 Å². The highest BCUT2D eigenvalue weighted by Gasteiger charge is 2.38. The Morgan fingerprint density at radius 2 is 2.00 bits per heavy atom. The maximum Gasteiger partial charge on any atom is 0.433 e. The lowest BCUT2D eigenvalue weighted by molar-refractivity contribution is -0.142. The van der Waals surface area contributed by atoms with Gasteiger partial charge in [-0.15, -0.1) is 0 Å². The second kappa shape index (κ2) is 4.05. The minimum Gasteiger partial charge on any atom is -0.390 e. The quantitative estimate of drug-likeness (QED) is 0.848. The van der Waals surface area contributed by atoms with Gasteiger partial charge in [0.15, 0.2) is 0 Å². The molecule has 1 fully saturated rings. The molecule has 0 amide bonds. The van der Waals surface area contributed by atoms with Gasteiger partial charge in [-0.3, -0.25) is 0 Å². The van der Waals surface area contributed by atoms with Crippen LogP contribution in [0.15, 0.2) is 12.1 Å². The smallest absolute Gasteiger partial charge is 0.390 e. The van der Waals surface area contributed by atoms with Crippen molar-refractivity contribution in [1.29, 1.82) is 0 Å². The number of aliphatic hydroxyl groups is 1. The minimum atomic E-state index is -4.43. The molecule has 0 aliphatic heterocycles. The van der Waals surface area contributed by atoms with Gasteiger partial charge in [-0.1, -0.05) is 12.5 Å². The zero-order chi connectivity index (χ0) is 11.8. The molecule has 1 aromatic rings. The van der Waals surface area contributed by atoms with Gasteiger partial charge >= 0.3 is 6.18 Å². The van der Waals surface area contributed by atoms with Crippen molar-refractivity contribution < 1.29 is 18.3 Å². The second-order valence-electron chi connectivity index (χ2n) is 4.02. The van der Waals surface area contributed by atoms with E-state index in [-0.39, 0.29) is 17.2 Å². The summed E-state index contributed by atoms with van der Waals surface area (Å²) < 4.78 is 38.2. The highest BCUT2D eigenvalue weighted by Crippen LogP contribution is 2.42. The fraction of sp³-hybridized carbons (Fsp3) is 0.545. The van der Waals surface area contributed by atoms with Crippen molar-refractivity contribution in [2.24, 2.45) is 0 Å². The first-order chi connectivity index (χ1) is 7.52. The molecule has 0 unspecified atom stereocenters. The van der Waals surface area contributed by atoms with Crippen LogP contribution in [0.5, 0.6) is 0 Å². The van der Waals surface area contributed by atoms with Crippen LogP contribution in [0.4, 0.5) is 13.2 Å². The van der Waals surface area contributed by atoms with Gasteiger partial charge in [-0.25, -0.2) is 4.98 Å². The van der Waals surface area contributed by atoms with Gasteiger partial charge in [0, 0.05) is 0 Å². The van der Waals surface area contributed by atoms with E-state index in [1.165, 1.54) is 12.1 Å². The third kappa shape index (κ3) is 2.04. The summed E-state index contributed by atoms with van der Waals surface area (Å²) in [5, 5.41) is 8.80. The highest BCUT2D eigenvalue weighted by atomic mass is 19.4. The number of nitrogens with zero attached hydrogens (tertiary/aromatic N) is 1. The van der Waals surface area contributed by atoms with Crippen LogP contribution in [0.1, 0.15) is 42.1 Å². The molecule has 1 N–H and O–H groups in total. The molecule has 5 heteroatoms. The fourth-order valence-electron chi connectivity index (χ4n) is 1.87. The van der Waals surface area contributed by atoms with E-state index in [0.29, 0.717) is 0 Å².